The van der Waals surface area contributed by atoms with E-state index in [0.717, 1.165) is 5.69 Å². The molecule has 6 N–H and O–H groups in total. The molecule has 1 aliphatic rings. The first-order valence-corrected chi connectivity index (χ1v) is 10.5. The fourth-order valence-corrected chi connectivity index (χ4v) is 3.58. The van der Waals surface area contributed by atoms with E-state index in [-0.39, 0.29) is 18.2 Å². The van der Waals surface area contributed by atoms with E-state index in [9.17, 15) is 19.2 Å². The van der Waals surface area contributed by atoms with Crippen molar-refractivity contribution in [3.8, 4) is 0 Å². The summed E-state index contributed by atoms with van der Waals surface area (Å²) in [6.07, 6.45) is 4.82. The van der Waals surface area contributed by atoms with Gasteiger partial charge in [0.2, 0.25) is 17.7 Å². The molecular formula is C20H32N6O5. The van der Waals surface area contributed by atoms with Crippen LogP contribution in [0.15, 0.2) is 12.5 Å². The largest absolute Gasteiger partial charge is 0.480 e. The molecule has 31 heavy (non-hydrogen) atoms. The van der Waals surface area contributed by atoms with Gasteiger partial charge in [-0.25, -0.2) is 4.98 Å². The number of carbonyl (C=O) groups excluding carboxylic acids is 3. The average molecular weight is 437 g/mol. The summed E-state index contributed by atoms with van der Waals surface area (Å²) in [5, 5.41) is 14.1. The minimum absolute atomic E-state index is 0.0836. The van der Waals surface area contributed by atoms with Crippen LogP contribution in [0.3, 0.4) is 0 Å². The number of rotatable bonds is 10. The van der Waals surface area contributed by atoms with Crippen molar-refractivity contribution in [2.75, 3.05) is 6.54 Å². The number of aromatic nitrogens is 2. The Morgan fingerprint density at radius 1 is 1.29 bits per heavy atom. The number of hydrogen-bond acceptors (Lipinski definition) is 6. The van der Waals surface area contributed by atoms with Gasteiger partial charge < -0.3 is 31.4 Å². The van der Waals surface area contributed by atoms with E-state index in [0.29, 0.717) is 25.8 Å². The Kier molecular flexibility index (Phi) is 8.55. The summed E-state index contributed by atoms with van der Waals surface area (Å²) in [6.45, 7) is 5.55. The predicted octanol–water partition coefficient (Wildman–Crippen LogP) is -0.609. The van der Waals surface area contributed by atoms with Crippen LogP contribution in [-0.4, -0.2) is 74.4 Å². The number of hydrogen-bond donors (Lipinski definition) is 5. The van der Waals surface area contributed by atoms with Gasteiger partial charge in [0.1, 0.15) is 18.1 Å². The molecule has 0 spiro atoms. The van der Waals surface area contributed by atoms with Crippen LogP contribution in [0.4, 0.5) is 0 Å². The molecule has 11 nitrogen and oxygen atoms in total. The van der Waals surface area contributed by atoms with Crippen LogP contribution in [0.25, 0.3) is 0 Å². The Bertz CT molecular complexity index is 781. The molecule has 1 saturated heterocycles. The lowest BCUT2D eigenvalue weighted by Crippen LogP contribution is -2.56. The van der Waals surface area contributed by atoms with Crippen LogP contribution < -0.4 is 16.4 Å². The van der Waals surface area contributed by atoms with E-state index in [1.54, 1.807) is 6.20 Å². The molecule has 2 rings (SSSR count). The van der Waals surface area contributed by atoms with E-state index < -0.39 is 42.0 Å². The Morgan fingerprint density at radius 3 is 2.58 bits per heavy atom. The minimum atomic E-state index is -1.17. The zero-order valence-electron chi connectivity index (χ0n) is 18.1. The van der Waals surface area contributed by atoms with Crippen molar-refractivity contribution in [2.24, 2.45) is 11.7 Å². The second-order valence-corrected chi connectivity index (χ2v) is 8.34. The highest BCUT2D eigenvalue weighted by Crippen LogP contribution is 2.19. The zero-order valence-corrected chi connectivity index (χ0v) is 18.1. The molecular weight excluding hydrogens is 404 g/mol. The van der Waals surface area contributed by atoms with E-state index in [4.69, 9.17) is 10.8 Å². The van der Waals surface area contributed by atoms with Crippen LogP contribution in [0, 0.1) is 5.92 Å². The lowest BCUT2D eigenvalue weighted by atomic mass is 10.0. The Hall–Kier alpha value is -2.95. The van der Waals surface area contributed by atoms with Crippen molar-refractivity contribution in [2.45, 2.75) is 70.6 Å². The molecule has 172 valence electrons. The maximum absolute atomic E-state index is 13.0. The number of nitrogens with zero attached hydrogens (tertiary/aromatic N) is 2. The lowest BCUT2D eigenvalue weighted by Gasteiger charge is -2.29. The molecule has 4 unspecified atom stereocenters. The van der Waals surface area contributed by atoms with Gasteiger partial charge in [-0.1, -0.05) is 13.8 Å². The van der Waals surface area contributed by atoms with Crippen LogP contribution >= 0.6 is 0 Å². The third kappa shape index (κ3) is 6.78. The molecule has 3 amide bonds. The van der Waals surface area contributed by atoms with Crippen molar-refractivity contribution < 1.29 is 24.3 Å². The number of amides is 3. The highest BCUT2D eigenvalue weighted by atomic mass is 16.4. The van der Waals surface area contributed by atoms with Gasteiger partial charge in [-0.05, 0) is 32.1 Å². The fourth-order valence-electron chi connectivity index (χ4n) is 3.58. The highest BCUT2D eigenvalue weighted by Gasteiger charge is 2.38. The highest BCUT2D eigenvalue weighted by molar-refractivity contribution is 5.94. The van der Waals surface area contributed by atoms with E-state index in [2.05, 4.69) is 20.6 Å². The first-order valence-electron chi connectivity index (χ1n) is 10.5. The number of carbonyl (C=O) groups is 4. The molecule has 1 fully saturated rings. The van der Waals surface area contributed by atoms with Crippen molar-refractivity contribution in [3.63, 3.8) is 0 Å². The molecule has 0 bridgehead atoms. The lowest BCUT2D eigenvalue weighted by molar-refractivity contribution is -0.142. The van der Waals surface area contributed by atoms with Crippen LogP contribution in [0.1, 0.15) is 45.7 Å². The summed E-state index contributed by atoms with van der Waals surface area (Å²) < 4.78 is 0. The quantitative estimate of drug-likeness (QED) is 0.326. The zero-order chi connectivity index (χ0) is 23.1. The standard InChI is InChI=1S/C20H32N6O5/c1-11(2)7-15(17(27)24-12(3)20(30)31)25-18(28)16-5-4-6-26(16)19(29)14(21)8-13-9-22-10-23-13/h9-12,14-16H,4-8,21H2,1-3H3,(H,22,23)(H,24,27)(H,25,28)(H,30,31). The smallest absolute Gasteiger partial charge is 0.325 e. The molecule has 0 radical (unpaired) electrons. The molecule has 0 aromatic carbocycles. The summed E-state index contributed by atoms with van der Waals surface area (Å²) >= 11 is 0. The number of nitrogens with one attached hydrogen (secondary N) is 3. The fraction of sp³-hybridized carbons (Fsp3) is 0.650. The van der Waals surface area contributed by atoms with Gasteiger partial charge in [0, 0.05) is 24.9 Å². The summed E-state index contributed by atoms with van der Waals surface area (Å²) in [5.74, 6) is -2.43. The van der Waals surface area contributed by atoms with E-state index in [1.165, 1.54) is 18.2 Å². The van der Waals surface area contributed by atoms with Gasteiger partial charge in [0.15, 0.2) is 0 Å². The van der Waals surface area contributed by atoms with Crippen molar-refractivity contribution in [1.82, 2.24) is 25.5 Å². The molecule has 0 aliphatic carbocycles. The monoisotopic (exact) mass is 436 g/mol. The van der Waals surface area contributed by atoms with Gasteiger partial charge in [-0.15, -0.1) is 0 Å². The Morgan fingerprint density at radius 2 is 2.00 bits per heavy atom. The number of aliphatic carboxylic acids is 1. The van der Waals surface area contributed by atoms with Gasteiger partial charge in [-0.2, -0.15) is 0 Å². The first-order chi connectivity index (χ1) is 14.6. The van der Waals surface area contributed by atoms with Gasteiger partial charge in [0.25, 0.3) is 0 Å². The van der Waals surface area contributed by atoms with E-state index >= 15 is 0 Å². The summed E-state index contributed by atoms with van der Waals surface area (Å²) in [5.41, 5.74) is 6.78. The molecule has 4 atom stereocenters. The second kappa shape index (κ2) is 10.9. The Balaban J connectivity index is 2.04. The number of aromatic amines is 1. The second-order valence-electron chi connectivity index (χ2n) is 8.34. The Labute approximate surface area is 181 Å². The molecule has 2 heterocycles. The van der Waals surface area contributed by atoms with Gasteiger partial charge >= 0.3 is 5.97 Å². The topological polar surface area (TPSA) is 171 Å². The normalized spacial score (nSPS) is 19.0. The first kappa shape index (κ1) is 24.3. The average Bonchev–Trinajstić information content (AvgIpc) is 3.38. The molecule has 11 heteroatoms. The van der Waals surface area contributed by atoms with Crippen molar-refractivity contribution >= 4 is 23.7 Å². The maximum Gasteiger partial charge on any atom is 0.325 e. The number of imidazole rings is 1. The number of H-pyrrole nitrogens is 1. The van der Waals surface area contributed by atoms with Crippen LogP contribution in [0.5, 0.6) is 0 Å². The van der Waals surface area contributed by atoms with Crippen LogP contribution in [-0.2, 0) is 25.6 Å². The molecule has 1 aromatic rings. The van der Waals surface area contributed by atoms with Crippen LogP contribution in [0.2, 0.25) is 0 Å². The van der Waals surface area contributed by atoms with Gasteiger partial charge in [0.05, 0.1) is 12.4 Å². The molecule has 0 saturated carbocycles. The van der Waals surface area contributed by atoms with E-state index in [1.807, 2.05) is 13.8 Å². The van der Waals surface area contributed by atoms with Gasteiger partial charge in [-0.3, -0.25) is 19.2 Å². The number of nitrogens with two attached hydrogens (primary N) is 1. The summed E-state index contributed by atoms with van der Waals surface area (Å²) in [7, 11) is 0. The van der Waals surface area contributed by atoms with Crippen molar-refractivity contribution in [1.29, 1.82) is 0 Å². The SMILES string of the molecule is CC(C)CC(NC(=O)C1CCCN1C(=O)C(N)Cc1cnc[nH]1)C(=O)NC(C)C(=O)O. The number of carboxylic acids is 1. The minimum Gasteiger partial charge on any atom is -0.480 e. The van der Waals surface area contributed by atoms with Crippen molar-refractivity contribution in [3.05, 3.63) is 18.2 Å². The third-order valence-corrected chi connectivity index (χ3v) is 5.22. The molecule has 1 aliphatic heterocycles. The molecule has 1 aromatic heterocycles. The summed E-state index contributed by atoms with van der Waals surface area (Å²) in [4.78, 5) is 57.7. The number of likely N-dealkylation sites (tertiary alicyclic amines) is 1. The maximum atomic E-state index is 13.0. The predicted molar refractivity (Wildman–Crippen MR) is 112 cm³/mol. The summed E-state index contributed by atoms with van der Waals surface area (Å²) in [6, 6.07) is -3.52. The number of carboxylic acid groups (broad SMARTS) is 1. The third-order valence-electron chi connectivity index (χ3n) is 5.22.